The highest BCUT2D eigenvalue weighted by Crippen LogP contribution is 2.47. The number of aromatic hydroxyl groups is 1. The molecule has 3 heterocycles. The van der Waals surface area contributed by atoms with Crippen LogP contribution in [0.2, 0.25) is 0 Å². The molecule has 1 aromatic carbocycles. The number of aliphatic hydroxyl groups is 1. The SMILES string of the molecule is CC1(C)OC[C@H]([C@@H]2OC(=O)[C@]3(O)[C@@H]2OC(=O)C[C@H]3c2ccc(O)cc2)O1. The molecule has 0 bridgehead atoms. The van der Waals surface area contributed by atoms with E-state index in [1.807, 2.05) is 0 Å². The summed E-state index contributed by atoms with van der Waals surface area (Å²) in [5.41, 5.74) is -1.49. The van der Waals surface area contributed by atoms with Crippen LogP contribution in [0.15, 0.2) is 24.3 Å². The summed E-state index contributed by atoms with van der Waals surface area (Å²) in [5.74, 6) is -3.05. The Morgan fingerprint density at radius 1 is 1.12 bits per heavy atom. The molecule has 8 nitrogen and oxygen atoms in total. The second-order valence-corrected chi connectivity index (χ2v) is 7.32. The molecular formula is C18H20O8. The summed E-state index contributed by atoms with van der Waals surface area (Å²) in [6.07, 6.45) is -2.98. The number of hydrogen-bond acceptors (Lipinski definition) is 8. The number of esters is 2. The molecule has 2 N–H and O–H groups in total. The summed E-state index contributed by atoms with van der Waals surface area (Å²) in [6, 6.07) is 5.99. The third kappa shape index (κ3) is 2.56. The lowest BCUT2D eigenvalue weighted by atomic mass is 9.74. The molecule has 3 aliphatic heterocycles. The van der Waals surface area contributed by atoms with E-state index in [1.54, 1.807) is 26.0 Å². The maximum Gasteiger partial charge on any atom is 0.343 e. The van der Waals surface area contributed by atoms with Gasteiger partial charge in [-0.05, 0) is 31.5 Å². The van der Waals surface area contributed by atoms with Gasteiger partial charge in [-0.3, -0.25) is 4.79 Å². The Kier molecular flexibility index (Phi) is 3.76. The van der Waals surface area contributed by atoms with Gasteiger partial charge in [0.25, 0.3) is 0 Å². The highest BCUT2D eigenvalue weighted by molar-refractivity contribution is 5.88. The molecule has 1 aromatic rings. The van der Waals surface area contributed by atoms with E-state index in [1.165, 1.54) is 12.1 Å². The lowest BCUT2D eigenvalue weighted by molar-refractivity contribution is -0.189. The maximum atomic E-state index is 12.6. The number of phenols is 1. The summed E-state index contributed by atoms with van der Waals surface area (Å²) >= 11 is 0. The molecule has 140 valence electrons. The van der Waals surface area contributed by atoms with Crippen molar-refractivity contribution in [3.63, 3.8) is 0 Å². The minimum atomic E-state index is -2.02. The molecule has 0 spiro atoms. The summed E-state index contributed by atoms with van der Waals surface area (Å²) in [5, 5.41) is 20.7. The van der Waals surface area contributed by atoms with Crippen molar-refractivity contribution in [3.05, 3.63) is 29.8 Å². The number of fused-ring (bicyclic) bond motifs is 1. The first-order chi connectivity index (χ1) is 12.2. The van der Waals surface area contributed by atoms with Crippen LogP contribution >= 0.6 is 0 Å². The predicted molar refractivity (Wildman–Crippen MR) is 85.1 cm³/mol. The quantitative estimate of drug-likeness (QED) is 0.734. The van der Waals surface area contributed by atoms with Gasteiger partial charge >= 0.3 is 11.9 Å². The molecule has 0 amide bonds. The van der Waals surface area contributed by atoms with E-state index in [9.17, 15) is 19.8 Å². The molecule has 3 saturated heterocycles. The molecule has 3 fully saturated rings. The number of phenolic OH excluding ortho intramolecular Hbond substituents is 1. The summed E-state index contributed by atoms with van der Waals surface area (Å²) in [4.78, 5) is 24.8. The molecule has 5 atom stereocenters. The maximum absolute atomic E-state index is 12.6. The molecule has 3 aliphatic rings. The molecule has 0 aliphatic carbocycles. The Balaban J connectivity index is 1.69. The van der Waals surface area contributed by atoms with Crippen LogP contribution in [0, 0.1) is 0 Å². The van der Waals surface area contributed by atoms with E-state index in [-0.39, 0.29) is 18.8 Å². The van der Waals surface area contributed by atoms with Gasteiger partial charge in [0.05, 0.1) is 13.0 Å². The first kappa shape index (κ1) is 17.3. The monoisotopic (exact) mass is 364 g/mol. The zero-order chi connectivity index (χ0) is 18.7. The molecule has 0 aromatic heterocycles. The van der Waals surface area contributed by atoms with Gasteiger partial charge < -0.3 is 29.2 Å². The molecular weight excluding hydrogens is 344 g/mol. The number of carbonyl (C=O) groups is 2. The van der Waals surface area contributed by atoms with Gasteiger partial charge in [0, 0.05) is 5.92 Å². The Hall–Kier alpha value is -2.16. The van der Waals surface area contributed by atoms with Crippen LogP contribution < -0.4 is 0 Å². The summed E-state index contributed by atoms with van der Waals surface area (Å²) in [7, 11) is 0. The average Bonchev–Trinajstić information content (AvgIpc) is 3.06. The van der Waals surface area contributed by atoms with Gasteiger partial charge in [-0.2, -0.15) is 0 Å². The second kappa shape index (κ2) is 5.67. The zero-order valence-corrected chi connectivity index (χ0v) is 14.4. The van der Waals surface area contributed by atoms with Gasteiger partial charge in [0.15, 0.2) is 18.0 Å². The van der Waals surface area contributed by atoms with E-state index < -0.39 is 47.6 Å². The molecule has 4 rings (SSSR count). The third-order valence-corrected chi connectivity index (χ3v) is 5.15. The summed E-state index contributed by atoms with van der Waals surface area (Å²) < 4.78 is 22.0. The van der Waals surface area contributed by atoms with Crippen LogP contribution in [0.1, 0.15) is 31.7 Å². The fourth-order valence-electron chi connectivity index (χ4n) is 3.88. The average molecular weight is 364 g/mol. The smallest absolute Gasteiger partial charge is 0.343 e. The van der Waals surface area contributed by atoms with Crippen LogP contribution in [-0.2, 0) is 28.5 Å². The number of ether oxygens (including phenoxy) is 4. The van der Waals surface area contributed by atoms with Crippen molar-refractivity contribution in [2.75, 3.05) is 6.61 Å². The minimum Gasteiger partial charge on any atom is -0.508 e. The first-order valence-electron chi connectivity index (χ1n) is 8.44. The van der Waals surface area contributed by atoms with E-state index in [2.05, 4.69) is 0 Å². The van der Waals surface area contributed by atoms with Crippen LogP contribution in [0.25, 0.3) is 0 Å². The lowest BCUT2D eigenvalue weighted by Gasteiger charge is -2.38. The van der Waals surface area contributed by atoms with E-state index in [0.717, 1.165) is 0 Å². The minimum absolute atomic E-state index is 0.0429. The lowest BCUT2D eigenvalue weighted by Crippen LogP contribution is -2.58. The standard InChI is InChI=1S/C18H20O8/c1-17(2)23-8-12(26-17)14-15-18(22,16(21)25-14)11(7-13(20)24-15)9-3-5-10(19)6-4-9/h3-6,11-12,14-15,19,22H,7-8H2,1-2H3/t11-,12+,14-,15+,18+/m0/s1. The molecule has 0 unspecified atom stereocenters. The number of cyclic esters (lactones) is 1. The van der Waals surface area contributed by atoms with E-state index in [4.69, 9.17) is 18.9 Å². The molecule has 0 saturated carbocycles. The molecule has 26 heavy (non-hydrogen) atoms. The number of benzene rings is 1. The summed E-state index contributed by atoms with van der Waals surface area (Å²) in [6.45, 7) is 3.60. The van der Waals surface area contributed by atoms with E-state index in [0.29, 0.717) is 5.56 Å². The van der Waals surface area contributed by atoms with Crippen LogP contribution in [0.5, 0.6) is 5.75 Å². The predicted octanol–water partition coefficient (Wildman–Crippen LogP) is 0.599. The topological polar surface area (TPSA) is 112 Å². The van der Waals surface area contributed by atoms with Gasteiger partial charge in [0.1, 0.15) is 11.9 Å². The van der Waals surface area contributed by atoms with Crippen molar-refractivity contribution in [1.29, 1.82) is 0 Å². The van der Waals surface area contributed by atoms with Gasteiger partial charge in [-0.1, -0.05) is 12.1 Å². The normalized spacial score (nSPS) is 38.6. The van der Waals surface area contributed by atoms with Crippen molar-refractivity contribution in [3.8, 4) is 5.75 Å². The van der Waals surface area contributed by atoms with E-state index >= 15 is 0 Å². The third-order valence-electron chi connectivity index (χ3n) is 5.15. The largest absolute Gasteiger partial charge is 0.508 e. The van der Waals surface area contributed by atoms with Gasteiger partial charge in [-0.15, -0.1) is 0 Å². The number of carbonyl (C=O) groups excluding carboxylic acids is 2. The first-order valence-corrected chi connectivity index (χ1v) is 8.44. The van der Waals surface area contributed by atoms with Crippen molar-refractivity contribution in [2.45, 2.75) is 55.9 Å². The van der Waals surface area contributed by atoms with Crippen LogP contribution in [-0.4, -0.2) is 58.5 Å². The zero-order valence-electron chi connectivity index (χ0n) is 14.4. The van der Waals surface area contributed by atoms with Crippen molar-refractivity contribution in [1.82, 2.24) is 0 Å². The fraction of sp³-hybridized carbons (Fsp3) is 0.556. The Bertz CT molecular complexity index is 742. The van der Waals surface area contributed by atoms with Gasteiger partial charge in [-0.25, -0.2) is 4.79 Å². The van der Waals surface area contributed by atoms with Crippen LogP contribution in [0.4, 0.5) is 0 Å². The second-order valence-electron chi connectivity index (χ2n) is 7.32. The molecule has 8 heteroatoms. The Labute approximate surface area is 149 Å². The molecule has 0 radical (unpaired) electrons. The highest BCUT2D eigenvalue weighted by atomic mass is 16.8. The van der Waals surface area contributed by atoms with Crippen molar-refractivity contribution in [2.24, 2.45) is 0 Å². The highest BCUT2D eigenvalue weighted by Gasteiger charge is 2.68. The van der Waals surface area contributed by atoms with Crippen molar-refractivity contribution >= 4 is 11.9 Å². The number of hydrogen-bond donors (Lipinski definition) is 2. The van der Waals surface area contributed by atoms with Crippen LogP contribution in [0.3, 0.4) is 0 Å². The Morgan fingerprint density at radius 2 is 1.81 bits per heavy atom. The fourth-order valence-corrected chi connectivity index (χ4v) is 3.88. The van der Waals surface area contributed by atoms with Gasteiger partial charge in [0.2, 0.25) is 5.60 Å². The Morgan fingerprint density at radius 3 is 2.42 bits per heavy atom. The van der Waals surface area contributed by atoms with Crippen molar-refractivity contribution < 1.29 is 38.7 Å². The number of rotatable bonds is 2.